The number of hydrogen-bond donors (Lipinski definition) is 0. The van der Waals surface area contributed by atoms with Crippen LogP contribution in [0.15, 0.2) is 72.8 Å². The van der Waals surface area contributed by atoms with Crippen LogP contribution in [0.2, 0.25) is 0 Å². The summed E-state index contributed by atoms with van der Waals surface area (Å²) in [6.45, 7) is 4.80. The Morgan fingerprint density at radius 2 is 1.09 bits per heavy atom. The Morgan fingerprint density at radius 3 is 1.59 bits per heavy atom. The van der Waals surface area contributed by atoms with Crippen LogP contribution in [-0.4, -0.2) is 18.5 Å². The third-order valence-electron chi connectivity index (χ3n) is 4.89. The molecule has 0 N–H and O–H groups in total. The van der Waals surface area contributed by atoms with Crippen molar-refractivity contribution >= 4 is 11.9 Å². The largest absolute Gasteiger partial charge is 0.494 e. The summed E-state index contributed by atoms with van der Waals surface area (Å²) in [5.74, 6) is 0.557. The molecule has 166 valence electrons. The maximum atomic E-state index is 12.4. The molecule has 32 heavy (non-hydrogen) atoms. The van der Waals surface area contributed by atoms with Crippen LogP contribution >= 0.6 is 0 Å². The molecule has 5 nitrogen and oxygen atoms in total. The highest BCUT2D eigenvalue weighted by Crippen LogP contribution is 2.21. The fraction of sp³-hybridized carbons (Fsp3) is 0.259. The third-order valence-corrected chi connectivity index (χ3v) is 4.89. The van der Waals surface area contributed by atoms with Crippen molar-refractivity contribution < 1.29 is 23.8 Å². The third kappa shape index (κ3) is 6.98. The lowest BCUT2D eigenvalue weighted by molar-refractivity contribution is 0.0719. The topological polar surface area (TPSA) is 61.8 Å². The normalized spacial score (nSPS) is 10.4. The summed E-state index contributed by atoms with van der Waals surface area (Å²) < 4.78 is 16.5. The number of ether oxygens (including phenoxy) is 3. The summed E-state index contributed by atoms with van der Waals surface area (Å²) >= 11 is 0. The summed E-state index contributed by atoms with van der Waals surface area (Å²) in [6.07, 6.45) is 4.58. The number of hydrogen-bond acceptors (Lipinski definition) is 5. The number of rotatable bonds is 10. The van der Waals surface area contributed by atoms with Gasteiger partial charge in [-0.05, 0) is 74.0 Å². The molecule has 5 heteroatoms. The van der Waals surface area contributed by atoms with Gasteiger partial charge in [0.15, 0.2) is 0 Å². The second-order valence-electron chi connectivity index (χ2n) is 7.55. The standard InChI is InChI=1S/C27H28O5/c1-3-4-5-6-19-30-23-13-11-22(12-14-23)27(29)32-25-17-15-24(16-18-25)31-26(28)21-9-7-20(2)8-10-21/h7-18H,3-6,19H2,1-2H3. The van der Waals surface area contributed by atoms with Crippen molar-refractivity contribution in [3.8, 4) is 17.2 Å². The lowest BCUT2D eigenvalue weighted by Crippen LogP contribution is -2.09. The van der Waals surface area contributed by atoms with Gasteiger partial charge in [-0.25, -0.2) is 9.59 Å². The Balaban J connectivity index is 1.49. The van der Waals surface area contributed by atoms with E-state index in [1.54, 1.807) is 60.7 Å². The van der Waals surface area contributed by atoms with E-state index in [4.69, 9.17) is 14.2 Å². The minimum absolute atomic E-state index is 0.362. The molecule has 0 heterocycles. The molecule has 0 aromatic heterocycles. The van der Waals surface area contributed by atoms with Gasteiger partial charge in [0, 0.05) is 0 Å². The monoisotopic (exact) mass is 432 g/mol. The van der Waals surface area contributed by atoms with E-state index in [0.717, 1.165) is 24.2 Å². The molecule has 0 aliphatic rings. The van der Waals surface area contributed by atoms with Gasteiger partial charge in [-0.1, -0.05) is 43.9 Å². The minimum atomic E-state index is -0.469. The van der Waals surface area contributed by atoms with E-state index in [1.807, 2.05) is 19.1 Å². The van der Waals surface area contributed by atoms with Crippen molar-refractivity contribution in [2.75, 3.05) is 6.61 Å². The first-order valence-electron chi connectivity index (χ1n) is 10.9. The molecule has 0 amide bonds. The van der Waals surface area contributed by atoms with E-state index in [2.05, 4.69) is 6.92 Å². The average molecular weight is 433 g/mol. The second-order valence-corrected chi connectivity index (χ2v) is 7.55. The van der Waals surface area contributed by atoms with Gasteiger partial charge in [-0.15, -0.1) is 0 Å². The molecular weight excluding hydrogens is 404 g/mol. The highest BCUT2D eigenvalue weighted by atomic mass is 16.5. The lowest BCUT2D eigenvalue weighted by Gasteiger charge is -2.08. The fourth-order valence-electron chi connectivity index (χ4n) is 3.00. The maximum absolute atomic E-state index is 12.4. The van der Waals surface area contributed by atoms with Crippen molar-refractivity contribution in [3.63, 3.8) is 0 Å². The number of esters is 2. The Morgan fingerprint density at radius 1 is 0.625 bits per heavy atom. The SMILES string of the molecule is CCCCCCOc1ccc(C(=O)Oc2ccc(OC(=O)c3ccc(C)cc3)cc2)cc1. The van der Waals surface area contributed by atoms with Crippen molar-refractivity contribution in [1.29, 1.82) is 0 Å². The van der Waals surface area contributed by atoms with Crippen LogP contribution in [0.4, 0.5) is 0 Å². The maximum Gasteiger partial charge on any atom is 0.343 e. The lowest BCUT2D eigenvalue weighted by atomic mass is 10.1. The van der Waals surface area contributed by atoms with Crippen LogP contribution in [0, 0.1) is 6.92 Å². The molecule has 0 fully saturated rings. The van der Waals surface area contributed by atoms with Gasteiger partial charge in [-0.2, -0.15) is 0 Å². The Bertz CT molecular complexity index is 1010. The van der Waals surface area contributed by atoms with Crippen molar-refractivity contribution in [3.05, 3.63) is 89.5 Å². The van der Waals surface area contributed by atoms with Crippen LogP contribution in [0.25, 0.3) is 0 Å². The predicted molar refractivity (Wildman–Crippen MR) is 124 cm³/mol. The molecule has 0 spiro atoms. The predicted octanol–water partition coefficient (Wildman–Crippen LogP) is 6.39. The van der Waals surface area contributed by atoms with Gasteiger partial charge in [-0.3, -0.25) is 0 Å². The molecule has 3 aromatic carbocycles. The highest BCUT2D eigenvalue weighted by molar-refractivity contribution is 5.92. The summed E-state index contributed by atoms with van der Waals surface area (Å²) in [5.41, 5.74) is 1.97. The van der Waals surface area contributed by atoms with E-state index in [1.165, 1.54) is 12.8 Å². The molecular formula is C27H28O5. The summed E-state index contributed by atoms with van der Waals surface area (Å²) in [5, 5.41) is 0. The first-order chi connectivity index (χ1) is 15.5. The number of unbranched alkanes of at least 4 members (excludes halogenated alkanes) is 3. The second kappa shape index (κ2) is 11.7. The van der Waals surface area contributed by atoms with E-state index in [9.17, 15) is 9.59 Å². The first-order valence-corrected chi connectivity index (χ1v) is 10.9. The van der Waals surface area contributed by atoms with E-state index in [-0.39, 0.29) is 0 Å². The number of aryl methyl sites for hydroxylation is 1. The van der Waals surface area contributed by atoms with Gasteiger partial charge in [0.25, 0.3) is 0 Å². The van der Waals surface area contributed by atoms with Gasteiger partial charge in [0.2, 0.25) is 0 Å². The van der Waals surface area contributed by atoms with Crippen LogP contribution in [0.5, 0.6) is 17.2 Å². The number of carbonyl (C=O) groups excluding carboxylic acids is 2. The van der Waals surface area contributed by atoms with E-state index in [0.29, 0.717) is 29.2 Å². The molecule has 0 saturated carbocycles. The minimum Gasteiger partial charge on any atom is -0.494 e. The molecule has 0 bridgehead atoms. The molecule has 0 aliphatic heterocycles. The zero-order valence-corrected chi connectivity index (χ0v) is 18.5. The van der Waals surface area contributed by atoms with Crippen LogP contribution in [0.1, 0.15) is 58.9 Å². The molecule has 0 unspecified atom stereocenters. The summed E-state index contributed by atoms with van der Waals surface area (Å²) in [4.78, 5) is 24.6. The van der Waals surface area contributed by atoms with Gasteiger partial charge in [0.1, 0.15) is 17.2 Å². The number of carbonyl (C=O) groups is 2. The summed E-state index contributed by atoms with van der Waals surface area (Å²) in [6, 6.07) is 20.4. The zero-order valence-electron chi connectivity index (χ0n) is 18.5. The molecule has 3 rings (SSSR count). The Hall–Kier alpha value is -3.60. The zero-order chi connectivity index (χ0) is 22.8. The fourth-order valence-corrected chi connectivity index (χ4v) is 3.00. The molecule has 0 atom stereocenters. The van der Waals surface area contributed by atoms with E-state index >= 15 is 0 Å². The number of benzene rings is 3. The van der Waals surface area contributed by atoms with Crippen molar-refractivity contribution in [1.82, 2.24) is 0 Å². The van der Waals surface area contributed by atoms with Crippen molar-refractivity contribution in [2.24, 2.45) is 0 Å². The molecule has 3 aromatic rings. The average Bonchev–Trinajstić information content (AvgIpc) is 2.81. The molecule has 0 radical (unpaired) electrons. The quantitative estimate of drug-likeness (QED) is 0.211. The van der Waals surface area contributed by atoms with Crippen LogP contribution in [0.3, 0.4) is 0 Å². The highest BCUT2D eigenvalue weighted by Gasteiger charge is 2.11. The first kappa shape index (κ1) is 23.1. The molecule has 0 aliphatic carbocycles. The Kier molecular flexibility index (Phi) is 8.44. The van der Waals surface area contributed by atoms with Gasteiger partial charge >= 0.3 is 11.9 Å². The van der Waals surface area contributed by atoms with Gasteiger partial charge < -0.3 is 14.2 Å². The summed E-state index contributed by atoms with van der Waals surface area (Å²) in [7, 11) is 0. The molecule has 0 saturated heterocycles. The van der Waals surface area contributed by atoms with Crippen molar-refractivity contribution in [2.45, 2.75) is 39.5 Å². The van der Waals surface area contributed by atoms with Crippen LogP contribution < -0.4 is 14.2 Å². The van der Waals surface area contributed by atoms with E-state index < -0.39 is 11.9 Å². The van der Waals surface area contributed by atoms with Crippen LogP contribution in [-0.2, 0) is 0 Å². The smallest absolute Gasteiger partial charge is 0.343 e. The Labute approximate surface area is 188 Å². The van der Waals surface area contributed by atoms with Gasteiger partial charge in [0.05, 0.1) is 17.7 Å².